The van der Waals surface area contributed by atoms with Crippen LogP contribution in [0.2, 0.25) is 0 Å². The first-order valence-electron chi connectivity index (χ1n) is 9.98. The monoisotopic (exact) mass is 389 g/mol. The summed E-state index contributed by atoms with van der Waals surface area (Å²) in [7, 11) is 0. The van der Waals surface area contributed by atoms with Gasteiger partial charge in [0, 0.05) is 36.7 Å². The molecule has 148 valence electrons. The number of H-pyrrole nitrogens is 1. The van der Waals surface area contributed by atoms with Gasteiger partial charge in [-0.15, -0.1) is 0 Å². The van der Waals surface area contributed by atoms with E-state index in [-0.39, 0.29) is 19.4 Å². The zero-order valence-electron chi connectivity index (χ0n) is 16.1. The number of fused-ring (bicyclic) bond motifs is 5. The third kappa shape index (κ3) is 2.20. The molecule has 2 aliphatic rings. The molecule has 6 heteroatoms. The number of benzene rings is 2. The number of carbonyl (C=O) groups is 1. The second-order valence-electron chi connectivity index (χ2n) is 7.86. The molecule has 4 heterocycles. The predicted octanol–water partition coefficient (Wildman–Crippen LogP) is 4.45. The normalized spacial score (nSPS) is 21.8. The lowest BCUT2D eigenvalue weighted by molar-refractivity contribution is -0.140. The molecule has 2 atom stereocenters. The highest BCUT2D eigenvalue weighted by Crippen LogP contribution is 2.44. The number of aromatic nitrogens is 1. The Morgan fingerprint density at radius 2 is 2.03 bits per heavy atom. The van der Waals surface area contributed by atoms with Gasteiger partial charge < -0.3 is 14.8 Å². The van der Waals surface area contributed by atoms with Crippen LogP contribution in [0.3, 0.4) is 0 Å². The Kier molecular flexibility index (Phi) is 3.30. The summed E-state index contributed by atoms with van der Waals surface area (Å²) < 4.78 is 10.1. The summed E-state index contributed by atoms with van der Waals surface area (Å²) in [5.74, 6) is 0.124. The summed E-state index contributed by atoms with van der Waals surface area (Å²) in [5, 5.41) is 1.21. The van der Waals surface area contributed by atoms with E-state index in [1.807, 2.05) is 29.2 Å². The summed E-state index contributed by atoms with van der Waals surface area (Å²) in [6.07, 6.45) is 0.765. The largest absolute Gasteiger partial charge is 0.365 e. The number of aromatic amines is 1. The minimum Gasteiger partial charge on any atom is -0.365 e. The Balaban J connectivity index is 0.00000193. The van der Waals surface area contributed by atoms with E-state index in [2.05, 4.69) is 41.6 Å². The molecule has 6 nitrogen and oxygen atoms in total. The van der Waals surface area contributed by atoms with Crippen LogP contribution in [0.15, 0.2) is 63.9 Å². The van der Waals surface area contributed by atoms with E-state index in [1.54, 1.807) is 0 Å². The van der Waals surface area contributed by atoms with Gasteiger partial charge in [0.2, 0.25) is 17.1 Å². The molecule has 2 aromatic carbocycles. The lowest BCUT2D eigenvalue weighted by Gasteiger charge is -2.49. The Labute approximate surface area is 168 Å². The van der Waals surface area contributed by atoms with Crippen molar-refractivity contribution in [3.8, 4) is 0 Å². The van der Waals surface area contributed by atoms with Gasteiger partial charge in [-0.05, 0) is 36.2 Å². The summed E-state index contributed by atoms with van der Waals surface area (Å²) in [4.78, 5) is 21.0. The van der Waals surface area contributed by atoms with Gasteiger partial charge in [-0.3, -0.25) is 13.9 Å². The van der Waals surface area contributed by atoms with Crippen molar-refractivity contribution in [2.45, 2.75) is 25.4 Å². The van der Waals surface area contributed by atoms with Crippen LogP contribution in [-0.2, 0) is 11.2 Å². The van der Waals surface area contributed by atoms with Gasteiger partial charge >= 0.3 is 0 Å². The van der Waals surface area contributed by atoms with E-state index in [9.17, 15) is 4.79 Å². The number of rotatable bonds is 2. The van der Waals surface area contributed by atoms with Crippen molar-refractivity contribution in [1.82, 2.24) is 14.8 Å². The van der Waals surface area contributed by atoms with Crippen molar-refractivity contribution < 1.29 is 15.4 Å². The van der Waals surface area contributed by atoms with E-state index in [0.29, 0.717) is 12.1 Å². The topological polar surface area (TPSA) is 65.6 Å². The lowest BCUT2D eigenvalue weighted by atomic mass is 9.85. The Morgan fingerprint density at radius 1 is 1.21 bits per heavy atom. The molecular formula is C23H23N3O3. The summed E-state index contributed by atoms with van der Waals surface area (Å²) in [6, 6.07) is 14.0. The summed E-state index contributed by atoms with van der Waals surface area (Å²) in [5.41, 5.74) is 6.89. The Morgan fingerprint density at radius 3 is 2.79 bits per heavy atom. The number of likely N-dealkylation sites (N-methyl/N-ethyl adjacent to an activating group) is 1. The molecule has 1 saturated heterocycles. The molecule has 29 heavy (non-hydrogen) atoms. The quantitative estimate of drug-likeness (QED) is 0.515. The van der Waals surface area contributed by atoms with Crippen LogP contribution in [0, 0.1) is 0 Å². The molecule has 6 rings (SSSR count). The van der Waals surface area contributed by atoms with E-state index in [4.69, 9.17) is 9.15 Å². The molecule has 0 saturated carbocycles. The van der Waals surface area contributed by atoms with Crippen molar-refractivity contribution in [1.29, 1.82) is 0 Å². The maximum absolute atomic E-state index is 13.3. The Hall–Kier alpha value is -3.41. The molecular weight excluding hydrogens is 366 g/mol. The van der Waals surface area contributed by atoms with Gasteiger partial charge in [0.25, 0.3) is 0 Å². The van der Waals surface area contributed by atoms with Gasteiger partial charge in [0.15, 0.2) is 0 Å². The fourth-order valence-electron chi connectivity index (χ4n) is 4.96. The number of hydrogen-bond donors (Lipinski definition) is 1. The van der Waals surface area contributed by atoms with E-state index in [1.165, 1.54) is 10.9 Å². The van der Waals surface area contributed by atoms with Crippen molar-refractivity contribution >= 4 is 28.0 Å². The smallest absolute Gasteiger partial charge is 0.243 e. The minimum absolute atomic E-state index is 0. The van der Waals surface area contributed by atoms with Crippen LogP contribution in [0.25, 0.3) is 22.1 Å². The Bertz CT molecular complexity index is 1280. The first kappa shape index (κ1) is 16.5. The lowest BCUT2D eigenvalue weighted by Crippen LogP contribution is -2.58. The predicted molar refractivity (Wildman–Crippen MR) is 111 cm³/mol. The molecule has 2 unspecified atom stereocenters. The van der Waals surface area contributed by atoms with Crippen molar-refractivity contribution in [3.63, 3.8) is 0 Å². The number of nitrogens with zero attached hydrogens (tertiary/aromatic N) is 2. The number of nitrogens with one attached hydrogen (secondary N) is 1. The molecule has 4 aromatic rings. The van der Waals surface area contributed by atoms with Crippen molar-refractivity contribution in [2.24, 2.45) is 0 Å². The standard InChI is InChI=1S/C23H21N3O3.H2/c1-3-25-12-21(27)26-18(13(25)2)11-16-15-6-4-5-7-17(15)24-22(16)23(26)14-8-9-19-20(10-14)29-28-19;/h4-10,18,23-24H,2-3,11-12H2,1H3;1H. The molecule has 2 aliphatic heterocycles. The third-order valence-corrected chi connectivity index (χ3v) is 6.42. The molecule has 0 aliphatic carbocycles. The van der Waals surface area contributed by atoms with E-state index < -0.39 is 0 Å². The van der Waals surface area contributed by atoms with Gasteiger partial charge in [-0.25, -0.2) is 0 Å². The van der Waals surface area contributed by atoms with Gasteiger partial charge in [-0.2, -0.15) is 0 Å². The summed E-state index contributed by atoms with van der Waals surface area (Å²) in [6.45, 7) is 7.59. The molecule has 0 spiro atoms. The second kappa shape index (κ2) is 5.80. The van der Waals surface area contributed by atoms with Crippen LogP contribution < -0.4 is 0 Å². The number of piperazine rings is 1. The second-order valence-corrected chi connectivity index (χ2v) is 7.86. The molecule has 1 N–H and O–H groups in total. The van der Waals surface area contributed by atoms with Gasteiger partial charge in [0.1, 0.15) is 0 Å². The number of amides is 1. The first-order chi connectivity index (χ1) is 14.2. The minimum atomic E-state index is -0.214. The van der Waals surface area contributed by atoms with Crippen LogP contribution in [0.1, 0.15) is 31.2 Å². The van der Waals surface area contributed by atoms with Crippen molar-refractivity contribution in [3.05, 3.63) is 71.6 Å². The van der Waals surface area contributed by atoms with Crippen molar-refractivity contribution in [2.75, 3.05) is 13.1 Å². The fraction of sp³-hybridized carbons (Fsp3) is 0.261. The highest BCUT2D eigenvalue weighted by Gasteiger charge is 2.45. The SMILES string of the molecule is C=C1C2Cc3c([nH]c4ccccc34)C(c3ccc4ooc4c3)N2C(=O)CN1CC.[HH]. The zero-order chi connectivity index (χ0) is 19.7. The van der Waals surface area contributed by atoms with E-state index in [0.717, 1.165) is 41.0 Å². The molecule has 0 radical (unpaired) electrons. The molecule has 1 amide bonds. The van der Waals surface area contributed by atoms with Crippen LogP contribution >= 0.6 is 0 Å². The number of carbonyl (C=O) groups excluding carboxylic acids is 1. The van der Waals surface area contributed by atoms with Gasteiger partial charge in [-0.1, -0.05) is 30.8 Å². The number of para-hydroxylation sites is 1. The highest BCUT2D eigenvalue weighted by molar-refractivity contribution is 5.88. The average molecular weight is 389 g/mol. The fourth-order valence-corrected chi connectivity index (χ4v) is 4.96. The number of hydrogen-bond acceptors (Lipinski definition) is 4. The summed E-state index contributed by atoms with van der Waals surface area (Å²) >= 11 is 0. The third-order valence-electron chi connectivity index (χ3n) is 6.42. The maximum Gasteiger partial charge on any atom is 0.243 e. The molecule has 0 bridgehead atoms. The zero-order valence-corrected chi connectivity index (χ0v) is 16.1. The van der Waals surface area contributed by atoms with Gasteiger partial charge in [0.05, 0.1) is 18.6 Å². The highest BCUT2D eigenvalue weighted by atomic mass is 17.0. The van der Waals surface area contributed by atoms with Crippen LogP contribution in [0.4, 0.5) is 0 Å². The first-order valence-corrected chi connectivity index (χ1v) is 9.98. The maximum atomic E-state index is 13.3. The molecule has 2 aromatic heterocycles. The van der Waals surface area contributed by atoms with E-state index >= 15 is 0 Å². The van der Waals surface area contributed by atoms with Crippen LogP contribution in [-0.4, -0.2) is 39.8 Å². The average Bonchev–Trinajstić information content (AvgIpc) is 3.09. The van der Waals surface area contributed by atoms with Crippen LogP contribution in [0.5, 0.6) is 0 Å². The molecule has 1 fully saturated rings.